The van der Waals surface area contributed by atoms with Gasteiger partial charge in [-0.3, -0.25) is 25.0 Å². The predicted octanol–water partition coefficient (Wildman–Crippen LogP) is -0.506. The van der Waals surface area contributed by atoms with Crippen molar-refractivity contribution < 1.29 is 24.3 Å². The summed E-state index contributed by atoms with van der Waals surface area (Å²) in [6.45, 7) is 1.04. The highest BCUT2D eigenvalue weighted by atomic mass is 16.6. The number of nitro groups is 2. The second kappa shape index (κ2) is 5.41. The van der Waals surface area contributed by atoms with Crippen molar-refractivity contribution in [1.29, 1.82) is 0 Å². The summed E-state index contributed by atoms with van der Waals surface area (Å²) in [7, 11) is 1.60. The third-order valence-corrected chi connectivity index (χ3v) is 5.47. The van der Waals surface area contributed by atoms with Gasteiger partial charge in [0.15, 0.2) is 13.1 Å². The predicted molar refractivity (Wildman–Crippen MR) is 84.6 cm³/mol. The van der Waals surface area contributed by atoms with Crippen LogP contribution >= 0.6 is 0 Å². The molecule has 3 rings (SSSR count). The van der Waals surface area contributed by atoms with E-state index in [1.165, 1.54) is 25.1 Å². The molecule has 9 heteroatoms. The normalized spacial score (nSPS) is 33.4. The fourth-order valence-electron chi connectivity index (χ4n) is 4.63. The van der Waals surface area contributed by atoms with Crippen LogP contribution in [-0.2, 0) is 10.3 Å². The number of likely N-dealkylation sites (tertiary alicyclic amines) is 1. The van der Waals surface area contributed by atoms with Gasteiger partial charge in [0.05, 0.1) is 7.05 Å². The fourth-order valence-corrected chi connectivity index (χ4v) is 4.63. The smallest absolute Gasteiger partial charge is 0.325 e. The molecule has 1 aliphatic heterocycles. The molecule has 1 aliphatic carbocycles. The molecule has 0 radical (unpaired) electrons. The topological polar surface area (TPSA) is 125 Å². The molecular formula is C16H18N3O6+. The second-order valence-corrected chi connectivity index (χ2v) is 7.01. The Hall–Kier alpha value is -2.68. The first-order valence-corrected chi connectivity index (χ1v) is 7.92. The molecule has 132 valence electrons. The SMILES string of the molecule is CC(=O)C[C@H]1[C@]2([N+](=O)[O-])C[NH+](C)C[C@@]1([N+](=O)[O-])c1ccccc1C2=O. The van der Waals surface area contributed by atoms with E-state index in [0.29, 0.717) is 4.90 Å². The molecule has 1 aromatic carbocycles. The van der Waals surface area contributed by atoms with Crippen molar-refractivity contribution in [2.45, 2.75) is 24.4 Å². The van der Waals surface area contributed by atoms with E-state index in [1.807, 2.05) is 0 Å². The van der Waals surface area contributed by atoms with Gasteiger partial charge in [0.1, 0.15) is 11.7 Å². The molecule has 0 amide bonds. The lowest BCUT2D eigenvalue weighted by Crippen LogP contribution is -3.17. The minimum Gasteiger partial charge on any atom is -0.325 e. The number of carbonyl (C=O) groups excluding carboxylic acids is 2. The Balaban J connectivity index is 2.43. The van der Waals surface area contributed by atoms with Gasteiger partial charge in [-0.25, -0.2) is 0 Å². The van der Waals surface area contributed by atoms with Gasteiger partial charge in [0.25, 0.3) is 0 Å². The summed E-state index contributed by atoms with van der Waals surface area (Å²) in [4.78, 5) is 48.4. The average Bonchev–Trinajstić information content (AvgIpc) is 2.53. The molecule has 2 bridgehead atoms. The van der Waals surface area contributed by atoms with Crippen LogP contribution in [0.25, 0.3) is 0 Å². The molecule has 9 nitrogen and oxygen atoms in total. The molecule has 1 fully saturated rings. The highest BCUT2D eigenvalue weighted by molar-refractivity contribution is 6.06. The molecule has 0 saturated carbocycles. The van der Waals surface area contributed by atoms with Crippen molar-refractivity contribution in [3.8, 4) is 0 Å². The number of fused-ring (bicyclic) bond motifs is 4. The fraction of sp³-hybridized carbons (Fsp3) is 0.500. The second-order valence-electron chi connectivity index (χ2n) is 7.01. The van der Waals surface area contributed by atoms with Crippen molar-refractivity contribution in [2.24, 2.45) is 5.92 Å². The zero-order chi connectivity index (χ0) is 18.6. The van der Waals surface area contributed by atoms with E-state index in [9.17, 15) is 29.8 Å². The van der Waals surface area contributed by atoms with Crippen LogP contribution < -0.4 is 4.90 Å². The first kappa shape index (κ1) is 17.2. The first-order chi connectivity index (χ1) is 11.7. The van der Waals surface area contributed by atoms with E-state index in [4.69, 9.17) is 0 Å². The van der Waals surface area contributed by atoms with Gasteiger partial charge in [0, 0.05) is 27.4 Å². The van der Waals surface area contributed by atoms with Gasteiger partial charge >= 0.3 is 11.1 Å². The summed E-state index contributed by atoms with van der Waals surface area (Å²) in [6.07, 6.45) is -0.380. The van der Waals surface area contributed by atoms with Crippen molar-refractivity contribution >= 4 is 11.6 Å². The Kier molecular flexibility index (Phi) is 3.72. The van der Waals surface area contributed by atoms with Crippen molar-refractivity contribution in [3.63, 3.8) is 0 Å². The summed E-state index contributed by atoms with van der Waals surface area (Å²) in [6, 6.07) is 5.99. The van der Waals surface area contributed by atoms with Crippen molar-refractivity contribution in [3.05, 3.63) is 55.6 Å². The Bertz CT molecular complexity index is 809. The third-order valence-electron chi connectivity index (χ3n) is 5.47. The number of benzene rings is 1. The molecule has 0 aromatic heterocycles. The third kappa shape index (κ3) is 2.05. The molecule has 4 atom stereocenters. The number of piperidine rings is 1. The van der Waals surface area contributed by atoms with Crippen LogP contribution in [0.4, 0.5) is 0 Å². The lowest BCUT2D eigenvalue weighted by molar-refractivity contribution is -0.932. The molecule has 2 aliphatic rings. The zero-order valence-electron chi connectivity index (χ0n) is 13.9. The Labute approximate surface area is 142 Å². The number of likely N-dealkylation sites (N-methyl/N-ethyl adjacent to an activating group) is 1. The maximum atomic E-state index is 13.1. The van der Waals surface area contributed by atoms with Crippen molar-refractivity contribution in [2.75, 3.05) is 20.1 Å². The molecule has 1 unspecified atom stereocenters. The minimum atomic E-state index is -2.17. The van der Waals surface area contributed by atoms with Gasteiger partial charge < -0.3 is 9.69 Å². The lowest BCUT2D eigenvalue weighted by atomic mass is 9.56. The van der Waals surface area contributed by atoms with Crippen LogP contribution in [0.15, 0.2) is 24.3 Å². The zero-order valence-corrected chi connectivity index (χ0v) is 13.9. The molecular weight excluding hydrogens is 330 g/mol. The number of ketones is 2. The Morgan fingerprint density at radius 1 is 1.20 bits per heavy atom. The number of hydrogen-bond donors (Lipinski definition) is 1. The molecule has 1 heterocycles. The van der Waals surface area contributed by atoms with E-state index < -0.39 is 38.4 Å². The Morgan fingerprint density at radius 3 is 2.32 bits per heavy atom. The van der Waals surface area contributed by atoms with Gasteiger partial charge in [-0.2, -0.15) is 0 Å². The summed E-state index contributed by atoms with van der Waals surface area (Å²) < 4.78 is 0. The monoisotopic (exact) mass is 348 g/mol. The maximum absolute atomic E-state index is 13.1. The molecule has 1 aromatic rings. The van der Waals surface area contributed by atoms with Crippen LogP contribution in [0, 0.1) is 26.1 Å². The number of rotatable bonds is 4. The van der Waals surface area contributed by atoms with Crippen LogP contribution in [-0.4, -0.2) is 47.1 Å². The van der Waals surface area contributed by atoms with Crippen LogP contribution in [0.5, 0.6) is 0 Å². The molecule has 1 N–H and O–H groups in total. The van der Waals surface area contributed by atoms with E-state index in [-0.39, 0.29) is 30.6 Å². The van der Waals surface area contributed by atoms with Gasteiger partial charge in [-0.1, -0.05) is 24.3 Å². The first-order valence-electron chi connectivity index (χ1n) is 7.92. The van der Waals surface area contributed by atoms with Crippen molar-refractivity contribution in [1.82, 2.24) is 0 Å². The Morgan fingerprint density at radius 2 is 1.76 bits per heavy atom. The lowest BCUT2D eigenvalue weighted by Gasteiger charge is -2.47. The number of hydrogen-bond acceptors (Lipinski definition) is 6. The van der Waals surface area contributed by atoms with E-state index in [2.05, 4.69) is 0 Å². The van der Waals surface area contributed by atoms with E-state index >= 15 is 0 Å². The highest BCUT2D eigenvalue weighted by Gasteiger charge is 2.79. The number of quaternary nitrogens is 1. The summed E-state index contributed by atoms with van der Waals surface area (Å²) in [5, 5.41) is 24.3. The van der Waals surface area contributed by atoms with Crippen LogP contribution in [0.3, 0.4) is 0 Å². The quantitative estimate of drug-likeness (QED) is 0.577. The number of carbonyl (C=O) groups is 2. The van der Waals surface area contributed by atoms with E-state index in [0.717, 1.165) is 0 Å². The van der Waals surface area contributed by atoms with Gasteiger partial charge in [-0.05, 0) is 6.92 Å². The number of Topliss-reactive ketones (excluding diaryl/α,β-unsaturated/α-hetero) is 2. The average molecular weight is 348 g/mol. The standard InChI is InChI=1S/C16H17N3O6/c1-10(20)7-13-15(18(22)23)8-17(2)9-16(13,19(24)25)14(21)11-5-3-4-6-12(11)15/h3-6,13H,7-9H2,1-2H3/p+1/t13-,15-,16-/m1/s1. The van der Waals surface area contributed by atoms with Gasteiger partial charge in [-0.15, -0.1) is 0 Å². The number of nitrogens with zero attached hydrogens (tertiary/aromatic N) is 2. The highest BCUT2D eigenvalue weighted by Crippen LogP contribution is 2.50. The summed E-state index contributed by atoms with van der Waals surface area (Å²) in [5.41, 5.74) is -3.82. The van der Waals surface area contributed by atoms with Gasteiger partial charge in [0.2, 0.25) is 5.78 Å². The van der Waals surface area contributed by atoms with Crippen LogP contribution in [0.1, 0.15) is 29.3 Å². The van der Waals surface area contributed by atoms with E-state index in [1.54, 1.807) is 13.1 Å². The summed E-state index contributed by atoms with van der Waals surface area (Å²) in [5.74, 6) is -2.46. The largest absolute Gasteiger partial charge is 0.341 e. The minimum absolute atomic E-state index is 0.0160. The summed E-state index contributed by atoms with van der Waals surface area (Å²) >= 11 is 0. The van der Waals surface area contributed by atoms with Crippen LogP contribution in [0.2, 0.25) is 0 Å². The molecule has 25 heavy (non-hydrogen) atoms. The number of nitrogens with one attached hydrogen (secondary N) is 1. The maximum Gasteiger partial charge on any atom is 0.341 e. The molecule has 1 saturated heterocycles. The molecule has 0 spiro atoms.